The van der Waals surface area contributed by atoms with E-state index < -0.39 is 41.2 Å². The van der Waals surface area contributed by atoms with Crippen LogP contribution in [-0.2, 0) is 14.4 Å². The van der Waals surface area contributed by atoms with Crippen LogP contribution in [0.2, 0.25) is 5.02 Å². The van der Waals surface area contributed by atoms with Gasteiger partial charge in [-0.15, -0.1) is 0 Å². The second kappa shape index (κ2) is 9.04. The second-order valence-electron chi connectivity index (χ2n) is 9.49. The zero-order valence-electron chi connectivity index (χ0n) is 19.8. The molecule has 2 aliphatic heterocycles. The number of rotatable bonds is 5. The fraction of sp³-hybridized carbons (Fsp3) is 0.207. The number of nitrogens with zero attached hydrogens (tertiary/aromatic N) is 1. The summed E-state index contributed by atoms with van der Waals surface area (Å²) in [6.07, 6.45) is 3.99. The van der Waals surface area contributed by atoms with E-state index >= 15 is 0 Å². The number of carbonyl (C=O) groups excluding carboxylic acids is 2. The van der Waals surface area contributed by atoms with Crippen LogP contribution in [0.5, 0.6) is 0 Å². The lowest BCUT2D eigenvalue weighted by molar-refractivity contribution is -0.147. The zero-order chi connectivity index (χ0) is 25.6. The van der Waals surface area contributed by atoms with Gasteiger partial charge in [0.2, 0.25) is 11.8 Å². The van der Waals surface area contributed by atoms with Crippen molar-refractivity contribution in [3.63, 3.8) is 0 Å². The zero-order valence-corrected chi connectivity index (χ0v) is 20.6. The number of amides is 2. The molecule has 0 bridgehead atoms. The van der Waals surface area contributed by atoms with Gasteiger partial charge in [-0.1, -0.05) is 84.4 Å². The van der Waals surface area contributed by atoms with Crippen LogP contribution >= 0.6 is 11.6 Å². The van der Waals surface area contributed by atoms with Crippen molar-refractivity contribution in [1.82, 2.24) is 5.32 Å². The van der Waals surface area contributed by atoms with Crippen molar-refractivity contribution >= 4 is 47.2 Å². The fourth-order valence-corrected chi connectivity index (χ4v) is 5.34. The Labute approximate surface area is 214 Å². The predicted octanol–water partition coefficient (Wildman–Crippen LogP) is 5.11. The number of carboxylic acid groups (broad SMARTS) is 1. The molecule has 4 unspecified atom stereocenters. The Kier molecular flexibility index (Phi) is 6.02. The highest BCUT2D eigenvalue weighted by atomic mass is 35.5. The molecule has 6 nitrogen and oxygen atoms in total. The molecule has 0 aliphatic carbocycles. The highest BCUT2D eigenvalue weighted by Gasteiger charge is 2.66. The third-order valence-electron chi connectivity index (χ3n) is 7.21. The van der Waals surface area contributed by atoms with Gasteiger partial charge in [-0.05, 0) is 48.2 Å². The first-order chi connectivity index (χ1) is 17.2. The van der Waals surface area contributed by atoms with Crippen LogP contribution in [0.15, 0.2) is 72.8 Å². The number of anilines is 1. The van der Waals surface area contributed by atoms with E-state index in [0.29, 0.717) is 10.7 Å². The first-order valence-corrected chi connectivity index (χ1v) is 12.1. The van der Waals surface area contributed by atoms with Crippen LogP contribution in [0.25, 0.3) is 12.2 Å². The number of aliphatic carboxylic acids is 1. The molecule has 2 saturated heterocycles. The number of hydrogen-bond donors (Lipinski definition) is 2. The summed E-state index contributed by atoms with van der Waals surface area (Å²) in [5.41, 5.74) is 2.35. The van der Waals surface area contributed by atoms with Crippen molar-refractivity contribution in [2.45, 2.75) is 25.4 Å². The van der Waals surface area contributed by atoms with E-state index in [4.69, 9.17) is 11.6 Å². The van der Waals surface area contributed by atoms with E-state index in [1.165, 1.54) is 6.92 Å². The molecule has 2 heterocycles. The van der Waals surface area contributed by atoms with E-state index in [2.05, 4.69) is 5.32 Å². The van der Waals surface area contributed by atoms with Crippen LogP contribution in [0.1, 0.15) is 35.2 Å². The predicted molar refractivity (Wildman–Crippen MR) is 139 cm³/mol. The van der Waals surface area contributed by atoms with Gasteiger partial charge in [0.25, 0.3) is 0 Å². The number of carboxylic acids is 1. The third-order valence-corrected chi connectivity index (χ3v) is 7.62. The second-order valence-corrected chi connectivity index (χ2v) is 9.90. The topological polar surface area (TPSA) is 86.7 Å². The highest BCUT2D eigenvalue weighted by molar-refractivity contribution is 6.32. The molecular formula is C29H25ClN2O4. The fourth-order valence-electron chi connectivity index (χ4n) is 5.17. The van der Waals surface area contributed by atoms with Crippen molar-refractivity contribution in [3.8, 4) is 0 Å². The Morgan fingerprint density at radius 3 is 2.22 bits per heavy atom. The largest absolute Gasteiger partial charge is 0.480 e. The van der Waals surface area contributed by atoms with Crippen LogP contribution < -0.4 is 10.2 Å². The van der Waals surface area contributed by atoms with Crippen LogP contribution in [0, 0.1) is 18.8 Å². The van der Waals surface area contributed by atoms with Gasteiger partial charge in [0.05, 0.1) is 17.5 Å². The summed E-state index contributed by atoms with van der Waals surface area (Å²) < 4.78 is 0. The minimum atomic E-state index is -1.60. The molecule has 36 heavy (non-hydrogen) atoms. The number of imide groups is 1. The first kappa shape index (κ1) is 24.0. The molecule has 0 spiro atoms. The average molecular weight is 501 g/mol. The molecule has 0 saturated carbocycles. The molecule has 0 radical (unpaired) electrons. The summed E-state index contributed by atoms with van der Waals surface area (Å²) in [4.78, 5) is 40.6. The lowest BCUT2D eigenvalue weighted by Gasteiger charge is -2.27. The summed E-state index contributed by atoms with van der Waals surface area (Å²) in [5.74, 6) is -4.05. The third kappa shape index (κ3) is 3.92. The summed E-state index contributed by atoms with van der Waals surface area (Å²) >= 11 is 6.26. The SMILES string of the molecule is Cc1ccc(N2C(=O)C3C(c4ccc(/C=C/c5ccccc5)cc4)NC(C)(C(=O)O)C3C2=O)cc1Cl. The molecule has 2 fully saturated rings. The average Bonchev–Trinajstić information content (AvgIpc) is 3.34. The van der Waals surface area contributed by atoms with Crippen molar-refractivity contribution in [3.05, 3.63) is 100 Å². The van der Waals surface area contributed by atoms with Gasteiger partial charge >= 0.3 is 5.97 Å². The number of nitrogens with one attached hydrogen (secondary N) is 1. The van der Waals surface area contributed by atoms with Gasteiger partial charge in [0.1, 0.15) is 5.54 Å². The standard InChI is InChI=1S/C29H25ClN2O4/c1-17-8-15-21(16-22(17)30)32-26(33)23-24(27(32)34)29(2,28(35)36)31-25(23)20-13-11-19(12-14-20)10-9-18-6-4-3-5-7-18/h3-16,23-25,31H,1-2H3,(H,35,36)/b10-9+. The summed E-state index contributed by atoms with van der Waals surface area (Å²) in [7, 11) is 0. The highest BCUT2D eigenvalue weighted by Crippen LogP contribution is 2.49. The van der Waals surface area contributed by atoms with Crippen molar-refractivity contribution in [2.24, 2.45) is 11.8 Å². The molecular weight excluding hydrogens is 476 g/mol. The van der Waals surface area contributed by atoms with Gasteiger partial charge in [-0.3, -0.25) is 19.7 Å². The lowest BCUT2D eigenvalue weighted by atomic mass is 9.80. The van der Waals surface area contributed by atoms with E-state index in [9.17, 15) is 19.5 Å². The van der Waals surface area contributed by atoms with E-state index in [0.717, 1.165) is 27.2 Å². The molecule has 4 atom stereocenters. The summed E-state index contributed by atoms with van der Waals surface area (Å²) in [5, 5.41) is 13.6. The first-order valence-electron chi connectivity index (χ1n) is 11.7. The van der Waals surface area contributed by atoms with Gasteiger partial charge in [0.15, 0.2) is 0 Å². The minimum absolute atomic E-state index is 0.350. The Hall–Kier alpha value is -3.74. The molecule has 2 amide bonds. The smallest absolute Gasteiger partial charge is 0.324 e. The van der Waals surface area contributed by atoms with Crippen molar-refractivity contribution < 1.29 is 19.5 Å². The number of hydrogen-bond acceptors (Lipinski definition) is 4. The van der Waals surface area contributed by atoms with Crippen LogP contribution in [0.3, 0.4) is 0 Å². The Bertz CT molecular complexity index is 1390. The van der Waals surface area contributed by atoms with Crippen molar-refractivity contribution in [1.29, 1.82) is 0 Å². The molecule has 3 aromatic rings. The van der Waals surface area contributed by atoms with Gasteiger partial charge in [-0.25, -0.2) is 4.90 Å². The molecule has 0 aromatic heterocycles. The lowest BCUT2D eigenvalue weighted by Crippen LogP contribution is -2.53. The Morgan fingerprint density at radius 1 is 0.972 bits per heavy atom. The monoisotopic (exact) mass is 500 g/mol. The molecule has 182 valence electrons. The number of halogens is 1. The molecule has 3 aromatic carbocycles. The Balaban J connectivity index is 1.48. The molecule has 7 heteroatoms. The van der Waals surface area contributed by atoms with Gasteiger partial charge in [-0.2, -0.15) is 0 Å². The van der Waals surface area contributed by atoms with Crippen LogP contribution in [-0.4, -0.2) is 28.4 Å². The molecule has 5 rings (SSSR count). The van der Waals surface area contributed by atoms with Crippen LogP contribution in [0.4, 0.5) is 5.69 Å². The summed E-state index contributed by atoms with van der Waals surface area (Å²) in [6.45, 7) is 3.30. The maximum Gasteiger partial charge on any atom is 0.324 e. The molecule has 2 N–H and O–H groups in total. The number of carbonyl (C=O) groups is 3. The number of aryl methyl sites for hydroxylation is 1. The normalized spacial score (nSPS) is 25.5. The van der Waals surface area contributed by atoms with E-state index in [1.54, 1.807) is 18.2 Å². The van der Waals surface area contributed by atoms with E-state index in [-0.39, 0.29) is 0 Å². The minimum Gasteiger partial charge on any atom is -0.480 e. The maximum absolute atomic E-state index is 13.6. The van der Waals surface area contributed by atoms with Gasteiger partial charge in [0, 0.05) is 11.1 Å². The molecule has 2 aliphatic rings. The summed E-state index contributed by atoms with van der Waals surface area (Å²) in [6, 6.07) is 21.8. The number of benzene rings is 3. The Morgan fingerprint density at radius 2 is 1.61 bits per heavy atom. The van der Waals surface area contributed by atoms with E-state index in [1.807, 2.05) is 73.7 Å². The quantitative estimate of drug-likeness (QED) is 0.375. The maximum atomic E-state index is 13.6. The van der Waals surface area contributed by atoms with Crippen molar-refractivity contribution in [2.75, 3.05) is 4.90 Å². The van der Waals surface area contributed by atoms with Gasteiger partial charge < -0.3 is 5.11 Å². The number of fused-ring (bicyclic) bond motifs is 1.